The molecular formula is C32H35ClF3N7O4. The van der Waals surface area contributed by atoms with Crippen LogP contribution in [-0.4, -0.2) is 115 Å². The SMILES string of the molecule is C=CC(=O)N1CC(N2CCN(CCN3C[C@H]4CC(=O)N(c5cc(C(F)(F)F)cc(C)n5)[C@@H]4C(=O)N(C)c4cccc(Cl)c43)CC2=O)C1. The van der Waals surface area contributed by atoms with Crippen LogP contribution >= 0.6 is 11.6 Å². The van der Waals surface area contributed by atoms with Crippen molar-refractivity contribution >= 4 is 52.4 Å². The first-order chi connectivity index (χ1) is 22.3. The van der Waals surface area contributed by atoms with E-state index < -0.39 is 35.5 Å². The highest BCUT2D eigenvalue weighted by Crippen LogP contribution is 2.43. The first-order valence-corrected chi connectivity index (χ1v) is 15.8. The van der Waals surface area contributed by atoms with Gasteiger partial charge in [-0.25, -0.2) is 4.98 Å². The second-order valence-corrected chi connectivity index (χ2v) is 12.8. The number of benzene rings is 1. The van der Waals surface area contributed by atoms with E-state index in [1.54, 1.807) is 30.1 Å². The zero-order chi connectivity index (χ0) is 33.8. The van der Waals surface area contributed by atoms with Gasteiger partial charge in [0.25, 0.3) is 0 Å². The average Bonchev–Trinajstić information content (AvgIpc) is 3.32. The highest BCUT2D eigenvalue weighted by Gasteiger charge is 2.49. The highest BCUT2D eigenvalue weighted by atomic mass is 35.5. The lowest BCUT2D eigenvalue weighted by atomic mass is 9.95. The number of para-hydroxylation sites is 1. The van der Waals surface area contributed by atoms with Crippen molar-refractivity contribution in [1.82, 2.24) is 19.7 Å². The van der Waals surface area contributed by atoms with Gasteiger partial charge < -0.3 is 19.6 Å². The lowest BCUT2D eigenvalue weighted by molar-refractivity contribution is -0.148. The van der Waals surface area contributed by atoms with Gasteiger partial charge in [-0.2, -0.15) is 13.2 Å². The largest absolute Gasteiger partial charge is 0.416 e. The molecule has 4 aliphatic rings. The molecule has 4 amide bonds. The number of carbonyl (C=O) groups is 4. The van der Waals surface area contributed by atoms with Crippen molar-refractivity contribution in [2.45, 2.75) is 31.6 Å². The van der Waals surface area contributed by atoms with E-state index in [1.165, 1.54) is 17.9 Å². The molecule has 250 valence electrons. The summed E-state index contributed by atoms with van der Waals surface area (Å²) >= 11 is 6.73. The lowest BCUT2D eigenvalue weighted by Gasteiger charge is -2.48. The number of likely N-dealkylation sites (tertiary alicyclic amines) is 1. The number of hydrogen-bond acceptors (Lipinski definition) is 7. The van der Waals surface area contributed by atoms with Crippen LogP contribution in [0.15, 0.2) is 43.0 Å². The average molecular weight is 674 g/mol. The van der Waals surface area contributed by atoms with Crippen LogP contribution in [0.25, 0.3) is 0 Å². The number of halogens is 4. The van der Waals surface area contributed by atoms with Crippen LogP contribution in [0.5, 0.6) is 0 Å². The van der Waals surface area contributed by atoms with Gasteiger partial charge in [0.1, 0.15) is 11.9 Å². The van der Waals surface area contributed by atoms with Crippen molar-refractivity contribution in [2.24, 2.45) is 5.92 Å². The number of aromatic nitrogens is 1. The molecular weight excluding hydrogens is 639 g/mol. The number of amides is 4. The van der Waals surface area contributed by atoms with Gasteiger partial charge in [0.15, 0.2) is 0 Å². The normalized spacial score (nSPS) is 22.6. The summed E-state index contributed by atoms with van der Waals surface area (Å²) in [5.41, 5.74) is 0.230. The van der Waals surface area contributed by atoms with E-state index in [-0.39, 0.29) is 48.9 Å². The first kappa shape index (κ1) is 32.8. The van der Waals surface area contributed by atoms with Crippen LogP contribution in [-0.2, 0) is 25.4 Å². The van der Waals surface area contributed by atoms with Crippen LogP contribution in [0.1, 0.15) is 17.7 Å². The van der Waals surface area contributed by atoms with E-state index in [1.807, 2.05) is 14.7 Å². The predicted molar refractivity (Wildman–Crippen MR) is 169 cm³/mol. The number of alkyl halides is 3. The van der Waals surface area contributed by atoms with Crippen molar-refractivity contribution in [3.8, 4) is 0 Å². The van der Waals surface area contributed by atoms with Crippen molar-refractivity contribution in [2.75, 3.05) is 74.1 Å². The summed E-state index contributed by atoms with van der Waals surface area (Å²) < 4.78 is 41.1. The summed E-state index contributed by atoms with van der Waals surface area (Å²) in [5.74, 6) is -1.90. The van der Waals surface area contributed by atoms with Gasteiger partial charge in [-0.3, -0.25) is 29.0 Å². The number of rotatable bonds is 6. The van der Waals surface area contributed by atoms with Crippen LogP contribution in [0.4, 0.5) is 30.4 Å². The molecule has 0 radical (unpaired) electrons. The third-order valence-corrected chi connectivity index (χ3v) is 9.74. The molecule has 0 bridgehead atoms. The molecule has 5 heterocycles. The third kappa shape index (κ3) is 6.16. The molecule has 0 spiro atoms. The van der Waals surface area contributed by atoms with Gasteiger partial charge in [-0.1, -0.05) is 24.2 Å². The zero-order valence-electron chi connectivity index (χ0n) is 26.0. The smallest absolute Gasteiger partial charge is 0.367 e. The molecule has 0 unspecified atom stereocenters. The zero-order valence-corrected chi connectivity index (χ0v) is 26.8. The molecule has 15 heteroatoms. The van der Waals surface area contributed by atoms with E-state index in [0.29, 0.717) is 55.7 Å². The maximum absolute atomic E-state index is 14.0. The molecule has 3 saturated heterocycles. The number of pyridine rings is 1. The van der Waals surface area contributed by atoms with Gasteiger partial charge in [0.05, 0.1) is 34.5 Å². The number of carbonyl (C=O) groups excluding carboxylic acids is 4. The van der Waals surface area contributed by atoms with Gasteiger partial charge in [-0.15, -0.1) is 0 Å². The lowest BCUT2D eigenvalue weighted by Crippen LogP contribution is -2.66. The predicted octanol–water partition coefficient (Wildman–Crippen LogP) is 2.81. The van der Waals surface area contributed by atoms with Crippen molar-refractivity contribution in [3.63, 3.8) is 0 Å². The molecule has 4 aliphatic heterocycles. The number of fused-ring (bicyclic) bond motifs is 2. The fourth-order valence-corrected chi connectivity index (χ4v) is 7.29. The van der Waals surface area contributed by atoms with Crippen molar-refractivity contribution in [3.05, 3.63) is 59.3 Å². The molecule has 2 atom stereocenters. The quantitative estimate of drug-likeness (QED) is 0.435. The van der Waals surface area contributed by atoms with E-state index in [9.17, 15) is 32.3 Å². The molecule has 11 nitrogen and oxygen atoms in total. The number of hydrogen-bond donors (Lipinski definition) is 0. The minimum Gasteiger partial charge on any atom is -0.367 e. The Morgan fingerprint density at radius 1 is 1.09 bits per heavy atom. The van der Waals surface area contributed by atoms with Crippen molar-refractivity contribution < 1.29 is 32.3 Å². The van der Waals surface area contributed by atoms with Gasteiger partial charge in [0, 0.05) is 70.9 Å². The van der Waals surface area contributed by atoms with Crippen LogP contribution in [0.2, 0.25) is 5.02 Å². The van der Waals surface area contributed by atoms with Crippen LogP contribution in [0, 0.1) is 12.8 Å². The minimum absolute atomic E-state index is 0.0171. The molecule has 0 N–H and O–H groups in total. The van der Waals surface area contributed by atoms with E-state index in [0.717, 1.165) is 17.0 Å². The summed E-state index contributed by atoms with van der Waals surface area (Å²) in [6, 6.07) is 5.78. The molecule has 1 aromatic carbocycles. The number of anilines is 3. The van der Waals surface area contributed by atoms with Crippen molar-refractivity contribution in [1.29, 1.82) is 0 Å². The molecule has 1 aromatic heterocycles. The Morgan fingerprint density at radius 2 is 1.83 bits per heavy atom. The topological polar surface area (TPSA) is 101 Å². The summed E-state index contributed by atoms with van der Waals surface area (Å²) in [5, 5.41) is 0.404. The Balaban J connectivity index is 1.23. The Kier molecular flexibility index (Phi) is 8.68. The monoisotopic (exact) mass is 673 g/mol. The first-order valence-electron chi connectivity index (χ1n) is 15.4. The van der Waals surface area contributed by atoms with Crippen LogP contribution < -0.4 is 14.7 Å². The maximum atomic E-state index is 14.0. The summed E-state index contributed by atoms with van der Waals surface area (Å²) in [7, 11) is 1.56. The Morgan fingerprint density at radius 3 is 2.51 bits per heavy atom. The summed E-state index contributed by atoms with van der Waals surface area (Å²) in [4.78, 5) is 66.7. The Bertz CT molecular complexity index is 1630. The van der Waals surface area contributed by atoms with Crippen LogP contribution in [0.3, 0.4) is 0 Å². The molecule has 3 fully saturated rings. The van der Waals surface area contributed by atoms with E-state index in [4.69, 9.17) is 11.6 Å². The molecule has 2 aromatic rings. The number of nitrogens with zero attached hydrogens (tertiary/aromatic N) is 7. The molecule has 0 aliphatic carbocycles. The Labute approximate surface area is 275 Å². The summed E-state index contributed by atoms with van der Waals surface area (Å²) in [6.07, 6.45) is -3.46. The molecule has 0 saturated carbocycles. The standard InChI is InChI=1S/C32H35ClF3N7O4/c1-4-26(44)41-16-22(17-41)42-11-9-39(18-28(42)46)8-10-40-15-20-13-27(45)43(25-14-21(32(34,35)36)12-19(2)37-25)29(20)31(47)38(3)24-7-5-6-23(33)30(24)40/h4-7,12,14,20,22,29H,1,8-11,13,15-18H2,2-3H3/t20-,29+/m1/s1. The second kappa shape index (κ2) is 12.5. The second-order valence-electron chi connectivity index (χ2n) is 12.4. The fourth-order valence-electron chi connectivity index (χ4n) is 7.00. The maximum Gasteiger partial charge on any atom is 0.416 e. The number of likely N-dealkylation sites (N-methyl/N-ethyl adjacent to an activating group) is 1. The third-order valence-electron chi connectivity index (χ3n) is 9.44. The minimum atomic E-state index is -4.66. The summed E-state index contributed by atoms with van der Waals surface area (Å²) in [6.45, 7) is 8.36. The molecule has 6 rings (SSSR count). The number of aryl methyl sites for hydroxylation is 1. The van der Waals surface area contributed by atoms with Gasteiger partial charge in [-0.05, 0) is 37.3 Å². The number of piperazine rings is 1. The highest BCUT2D eigenvalue weighted by molar-refractivity contribution is 6.34. The van der Waals surface area contributed by atoms with E-state index >= 15 is 0 Å². The van der Waals surface area contributed by atoms with E-state index in [2.05, 4.69) is 11.6 Å². The molecule has 47 heavy (non-hydrogen) atoms. The Hall–Kier alpha value is -4.17. The van der Waals surface area contributed by atoms with Gasteiger partial charge in [0.2, 0.25) is 23.6 Å². The van der Waals surface area contributed by atoms with Gasteiger partial charge >= 0.3 is 6.18 Å². The fraction of sp³-hybridized carbons (Fsp3) is 0.469.